The highest BCUT2D eigenvalue weighted by molar-refractivity contribution is 5.85. The maximum atomic E-state index is 3.57. The molecule has 2 heteroatoms. The van der Waals surface area contributed by atoms with Gasteiger partial charge in [0.2, 0.25) is 0 Å². The third-order valence-electron chi connectivity index (χ3n) is 2.64. The Hall–Kier alpha value is 0.250. The van der Waals surface area contributed by atoms with Crippen molar-refractivity contribution in [3.63, 3.8) is 0 Å². The topological polar surface area (TPSA) is 12.0 Å². The van der Waals surface area contributed by atoms with Crippen LogP contribution in [0.1, 0.15) is 32.1 Å². The van der Waals surface area contributed by atoms with E-state index < -0.39 is 0 Å². The molecule has 0 radical (unpaired) electrons. The van der Waals surface area contributed by atoms with Crippen LogP contribution in [0.15, 0.2) is 0 Å². The van der Waals surface area contributed by atoms with Crippen molar-refractivity contribution in [1.29, 1.82) is 0 Å². The fourth-order valence-electron chi connectivity index (χ4n) is 1.90. The molecule has 0 aromatic rings. The van der Waals surface area contributed by atoms with Crippen LogP contribution in [0.3, 0.4) is 0 Å². The van der Waals surface area contributed by atoms with Crippen LogP contribution in [0.5, 0.6) is 0 Å². The van der Waals surface area contributed by atoms with Gasteiger partial charge in [0.1, 0.15) is 0 Å². The second-order valence-electron chi connectivity index (χ2n) is 3.16. The normalized spacial score (nSPS) is 29.3. The van der Waals surface area contributed by atoms with Gasteiger partial charge in [-0.1, -0.05) is 0 Å². The van der Waals surface area contributed by atoms with E-state index in [0.29, 0.717) is 5.54 Å². The first-order valence-electron chi connectivity index (χ1n) is 3.66. The summed E-state index contributed by atoms with van der Waals surface area (Å²) in [6.45, 7) is 1.28. The molecule has 1 aliphatic carbocycles. The molecular weight excluding hydrogens is 134 g/mol. The zero-order chi connectivity index (χ0) is 5.45. The molecule has 1 spiro atoms. The minimum Gasteiger partial charge on any atom is -0.311 e. The van der Waals surface area contributed by atoms with E-state index in [1.165, 1.54) is 38.6 Å². The van der Waals surface area contributed by atoms with E-state index in [1.807, 2.05) is 0 Å². The van der Waals surface area contributed by atoms with E-state index >= 15 is 0 Å². The molecule has 2 aliphatic rings. The van der Waals surface area contributed by atoms with Crippen molar-refractivity contribution in [3.05, 3.63) is 0 Å². The summed E-state index contributed by atoms with van der Waals surface area (Å²) in [6, 6.07) is 0. The van der Waals surface area contributed by atoms with Crippen LogP contribution in [-0.4, -0.2) is 12.1 Å². The molecule has 0 aromatic heterocycles. The minimum atomic E-state index is 0. The van der Waals surface area contributed by atoms with Gasteiger partial charge in [-0.25, -0.2) is 0 Å². The molecule has 0 unspecified atom stereocenters. The van der Waals surface area contributed by atoms with E-state index in [0.717, 1.165) is 0 Å². The van der Waals surface area contributed by atoms with Gasteiger partial charge in [0, 0.05) is 5.54 Å². The largest absolute Gasteiger partial charge is 0.311 e. The van der Waals surface area contributed by atoms with Gasteiger partial charge in [0.15, 0.2) is 0 Å². The first-order valence-corrected chi connectivity index (χ1v) is 3.66. The van der Waals surface area contributed by atoms with Crippen LogP contribution in [0, 0.1) is 0 Å². The Morgan fingerprint density at radius 1 is 1.00 bits per heavy atom. The van der Waals surface area contributed by atoms with Crippen molar-refractivity contribution in [2.45, 2.75) is 37.6 Å². The number of nitrogens with one attached hydrogen (secondary N) is 1. The standard InChI is InChI=1S/C7H13N.ClH/c1-3-7(4-1)5-2-6-8-7;/h8H,1-6H2;1H. The first kappa shape index (κ1) is 7.36. The SMILES string of the molecule is C1CNC2(C1)CCC2.Cl. The fourth-order valence-corrected chi connectivity index (χ4v) is 1.90. The predicted octanol–water partition coefficient (Wildman–Crippen LogP) is 1.71. The van der Waals surface area contributed by atoms with Crippen molar-refractivity contribution in [1.82, 2.24) is 5.32 Å². The lowest BCUT2D eigenvalue weighted by molar-refractivity contribution is 0.216. The lowest BCUT2D eigenvalue weighted by Crippen LogP contribution is -2.45. The Kier molecular flexibility index (Phi) is 2.02. The average Bonchev–Trinajstić information content (AvgIpc) is 2.07. The smallest absolute Gasteiger partial charge is 0.0182 e. The first-order chi connectivity index (χ1) is 3.91. The van der Waals surface area contributed by atoms with E-state index in [2.05, 4.69) is 5.32 Å². The second kappa shape index (κ2) is 2.47. The van der Waals surface area contributed by atoms with Gasteiger partial charge in [0.05, 0.1) is 0 Å². The van der Waals surface area contributed by atoms with Crippen LogP contribution in [-0.2, 0) is 0 Å². The third kappa shape index (κ3) is 1.08. The summed E-state index contributed by atoms with van der Waals surface area (Å²) in [5, 5.41) is 3.57. The Balaban J connectivity index is 0.000000405. The molecule has 9 heavy (non-hydrogen) atoms. The molecule has 1 heterocycles. The van der Waals surface area contributed by atoms with Crippen molar-refractivity contribution in [2.24, 2.45) is 0 Å². The van der Waals surface area contributed by atoms with Crippen LogP contribution >= 0.6 is 12.4 Å². The molecule has 1 aliphatic heterocycles. The second-order valence-corrected chi connectivity index (χ2v) is 3.16. The highest BCUT2D eigenvalue weighted by atomic mass is 35.5. The molecule has 1 N–H and O–H groups in total. The Labute approximate surface area is 62.6 Å². The molecule has 1 saturated carbocycles. The van der Waals surface area contributed by atoms with Crippen molar-refractivity contribution in [3.8, 4) is 0 Å². The highest BCUT2D eigenvalue weighted by Crippen LogP contribution is 2.38. The average molecular weight is 148 g/mol. The van der Waals surface area contributed by atoms with Crippen LogP contribution < -0.4 is 5.32 Å². The molecule has 0 amide bonds. The molecule has 1 saturated heterocycles. The maximum absolute atomic E-state index is 3.57. The third-order valence-corrected chi connectivity index (χ3v) is 2.64. The Morgan fingerprint density at radius 2 is 1.67 bits per heavy atom. The molecular formula is C7H14ClN. The Morgan fingerprint density at radius 3 is 1.89 bits per heavy atom. The molecule has 54 valence electrons. The van der Waals surface area contributed by atoms with Gasteiger partial charge < -0.3 is 5.32 Å². The van der Waals surface area contributed by atoms with Crippen molar-refractivity contribution in [2.75, 3.05) is 6.54 Å². The summed E-state index contributed by atoms with van der Waals surface area (Å²) in [6.07, 6.45) is 7.24. The van der Waals surface area contributed by atoms with Gasteiger partial charge in [0.25, 0.3) is 0 Å². The van der Waals surface area contributed by atoms with Gasteiger partial charge >= 0.3 is 0 Å². The lowest BCUT2D eigenvalue weighted by Gasteiger charge is -2.38. The highest BCUT2D eigenvalue weighted by Gasteiger charge is 2.38. The van der Waals surface area contributed by atoms with Crippen LogP contribution in [0.4, 0.5) is 0 Å². The number of hydrogen-bond donors (Lipinski definition) is 1. The molecule has 2 rings (SSSR count). The summed E-state index contributed by atoms with van der Waals surface area (Å²) in [5.74, 6) is 0. The minimum absolute atomic E-state index is 0. The fraction of sp³-hybridized carbons (Fsp3) is 1.00. The summed E-state index contributed by atoms with van der Waals surface area (Å²) >= 11 is 0. The van der Waals surface area contributed by atoms with Crippen molar-refractivity contribution < 1.29 is 0 Å². The number of hydrogen-bond acceptors (Lipinski definition) is 1. The van der Waals surface area contributed by atoms with E-state index in [1.54, 1.807) is 0 Å². The van der Waals surface area contributed by atoms with Crippen LogP contribution in [0.2, 0.25) is 0 Å². The lowest BCUT2D eigenvalue weighted by atomic mass is 9.76. The van der Waals surface area contributed by atoms with Crippen LogP contribution in [0.25, 0.3) is 0 Å². The zero-order valence-corrected chi connectivity index (χ0v) is 6.47. The Bertz CT molecular complexity index is 91.1. The van der Waals surface area contributed by atoms with Gasteiger partial charge in [-0.15, -0.1) is 12.4 Å². The van der Waals surface area contributed by atoms with Gasteiger partial charge in [-0.3, -0.25) is 0 Å². The van der Waals surface area contributed by atoms with E-state index in [-0.39, 0.29) is 12.4 Å². The summed E-state index contributed by atoms with van der Waals surface area (Å²) in [4.78, 5) is 0. The maximum Gasteiger partial charge on any atom is 0.0182 e. The molecule has 0 aromatic carbocycles. The predicted molar refractivity (Wildman–Crippen MR) is 41.1 cm³/mol. The molecule has 2 fully saturated rings. The van der Waals surface area contributed by atoms with E-state index in [4.69, 9.17) is 0 Å². The summed E-state index contributed by atoms with van der Waals surface area (Å²) < 4.78 is 0. The van der Waals surface area contributed by atoms with Gasteiger partial charge in [-0.05, 0) is 38.6 Å². The van der Waals surface area contributed by atoms with E-state index in [9.17, 15) is 0 Å². The summed E-state index contributed by atoms with van der Waals surface area (Å²) in [5.41, 5.74) is 0.667. The quantitative estimate of drug-likeness (QED) is 0.550. The number of halogens is 1. The zero-order valence-electron chi connectivity index (χ0n) is 5.65. The molecule has 0 atom stereocenters. The molecule has 1 nitrogen and oxygen atoms in total. The van der Waals surface area contributed by atoms with Gasteiger partial charge in [-0.2, -0.15) is 0 Å². The summed E-state index contributed by atoms with van der Waals surface area (Å²) in [7, 11) is 0. The monoisotopic (exact) mass is 147 g/mol. The van der Waals surface area contributed by atoms with Crippen molar-refractivity contribution >= 4 is 12.4 Å². The number of rotatable bonds is 0. The molecule has 0 bridgehead atoms.